The summed E-state index contributed by atoms with van der Waals surface area (Å²) in [5, 5.41) is 9.17. The number of nitrogens with zero attached hydrogens (tertiary/aromatic N) is 2. The van der Waals surface area contributed by atoms with E-state index in [-0.39, 0.29) is 23.6 Å². The largest absolute Gasteiger partial charge is 0.383 e. The molecular weight excluding hydrogens is 272 g/mol. The highest BCUT2D eigenvalue weighted by Gasteiger charge is 2.22. The number of fused-ring (bicyclic) bond motifs is 1. The first-order valence-corrected chi connectivity index (χ1v) is 6.83. The number of carbonyl (C=O) groups is 1. The van der Waals surface area contributed by atoms with E-state index in [1.165, 1.54) is 0 Å². The number of methoxy groups -OCH3 is 1. The third-order valence-electron chi connectivity index (χ3n) is 3.22. The minimum Gasteiger partial charge on any atom is -0.383 e. The highest BCUT2D eigenvalue weighted by atomic mass is 16.5. The van der Waals surface area contributed by atoms with Crippen LogP contribution in [0.3, 0.4) is 0 Å². The van der Waals surface area contributed by atoms with E-state index in [1.807, 2.05) is 25.3 Å². The molecule has 0 aromatic carbocycles. The first kappa shape index (κ1) is 15.2. The van der Waals surface area contributed by atoms with E-state index in [4.69, 9.17) is 4.74 Å². The van der Waals surface area contributed by atoms with Gasteiger partial charge in [0.2, 0.25) is 0 Å². The van der Waals surface area contributed by atoms with Gasteiger partial charge in [-0.1, -0.05) is 0 Å². The van der Waals surface area contributed by atoms with Crippen LogP contribution < -0.4 is 10.9 Å². The van der Waals surface area contributed by atoms with Gasteiger partial charge < -0.3 is 14.6 Å². The number of aromatic nitrogens is 3. The molecule has 7 heteroatoms. The molecule has 0 fully saturated rings. The molecular formula is C14H20N4O3. The van der Waals surface area contributed by atoms with E-state index < -0.39 is 0 Å². The second-order valence-corrected chi connectivity index (χ2v) is 5.36. The Morgan fingerprint density at radius 1 is 1.43 bits per heavy atom. The van der Waals surface area contributed by atoms with Gasteiger partial charge in [0.1, 0.15) is 5.69 Å². The van der Waals surface area contributed by atoms with Crippen LogP contribution in [0.2, 0.25) is 0 Å². The summed E-state index contributed by atoms with van der Waals surface area (Å²) in [6.07, 6.45) is 3.42. The molecule has 0 bridgehead atoms. The van der Waals surface area contributed by atoms with E-state index in [0.717, 1.165) is 0 Å². The number of carbonyl (C=O) groups excluding carboxylic acids is 1. The van der Waals surface area contributed by atoms with Crippen molar-refractivity contribution in [3.8, 4) is 11.3 Å². The summed E-state index contributed by atoms with van der Waals surface area (Å²) in [5.41, 5.74) is 0.885. The number of pyridine rings is 1. The van der Waals surface area contributed by atoms with Gasteiger partial charge in [-0.2, -0.15) is 5.10 Å². The third kappa shape index (κ3) is 3.13. The molecule has 1 atom stereocenters. The fraction of sp³-hybridized carbons (Fsp3) is 0.500. The smallest absolute Gasteiger partial charge is 0.275 e. The second kappa shape index (κ2) is 6.09. The Morgan fingerprint density at radius 2 is 2.14 bits per heavy atom. The van der Waals surface area contributed by atoms with Crippen molar-refractivity contribution < 1.29 is 9.53 Å². The lowest BCUT2D eigenvalue weighted by molar-refractivity contribution is 0.0905. The molecule has 0 spiro atoms. The van der Waals surface area contributed by atoms with Crippen molar-refractivity contribution in [1.82, 2.24) is 20.1 Å². The van der Waals surface area contributed by atoms with Gasteiger partial charge in [0.05, 0.1) is 17.7 Å². The molecule has 2 aliphatic heterocycles. The summed E-state index contributed by atoms with van der Waals surface area (Å²) in [6.45, 7) is 6.22. The molecule has 2 N–H and O–H groups in total. The Hall–Kier alpha value is -2.15. The Morgan fingerprint density at radius 3 is 2.76 bits per heavy atom. The molecule has 0 aliphatic carbocycles. The number of amides is 1. The van der Waals surface area contributed by atoms with Crippen molar-refractivity contribution in [3.63, 3.8) is 0 Å². The Labute approximate surface area is 122 Å². The molecule has 0 saturated carbocycles. The molecule has 7 nitrogen and oxygen atoms in total. The standard InChI is InChI=1S/C14H20N4O3/c1-8(2)18-5-10(13(19)15-9(3)7-21-4)12-11(6-18)14(20)17-16-12/h5-6,8-9H,7H2,1-4H3,(H,15,19)(H,17,20). The van der Waals surface area contributed by atoms with Crippen molar-refractivity contribution in [3.05, 3.63) is 28.3 Å². The van der Waals surface area contributed by atoms with Crippen LogP contribution in [0.4, 0.5) is 0 Å². The molecule has 2 aliphatic rings. The number of rotatable bonds is 5. The van der Waals surface area contributed by atoms with Crippen LogP contribution in [0.5, 0.6) is 0 Å². The topological polar surface area (TPSA) is 89.0 Å². The van der Waals surface area contributed by atoms with Crippen molar-refractivity contribution in [2.45, 2.75) is 32.9 Å². The maximum absolute atomic E-state index is 12.4. The summed E-state index contributed by atoms with van der Waals surface area (Å²) in [7, 11) is 1.58. The molecule has 0 radical (unpaired) electrons. The van der Waals surface area contributed by atoms with Crippen LogP contribution in [-0.2, 0) is 4.74 Å². The fourth-order valence-electron chi connectivity index (χ4n) is 2.11. The fourth-order valence-corrected chi connectivity index (χ4v) is 2.11. The van der Waals surface area contributed by atoms with Crippen LogP contribution in [0, 0.1) is 0 Å². The van der Waals surface area contributed by atoms with E-state index in [2.05, 4.69) is 15.5 Å². The molecule has 1 unspecified atom stereocenters. The van der Waals surface area contributed by atoms with E-state index in [0.29, 0.717) is 23.4 Å². The lowest BCUT2D eigenvalue weighted by Crippen LogP contribution is -2.36. The Bertz CT molecular complexity index is 659. The van der Waals surface area contributed by atoms with Crippen LogP contribution in [0.1, 0.15) is 37.2 Å². The molecule has 2 heterocycles. The molecule has 0 saturated heterocycles. The molecule has 1 amide bonds. The van der Waals surface area contributed by atoms with Crippen molar-refractivity contribution in [2.24, 2.45) is 0 Å². The lowest BCUT2D eigenvalue weighted by atomic mass is 10.1. The van der Waals surface area contributed by atoms with E-state index in [9.17, 15) is 9.59 Å². The number of hydrogen-bond donors (Lipinski definition) is 2. The van der Waals surface area contributed by atoms with Crippen molar-refractivity contribution >= 4 is 5.91 Å². The third-order valence-corrected chi connectivity index (χ3v) is 3.22. The summed E-state index contributed by atoms with van der Waals surface area (Å²) >= 11 is 0. The minimum absolute atomic E-state index is 0.129. The molecule has 0 aromatic heterocycles. The zero-order valence-corrected chi connectivity index (χ0v) is 12.6. The molecule has 0 aromatic rings. The van der Waals surface area contributed by atoms with Gasteiger partial charge in [0.15, 0.2) is 0 Å². The quantitative estimate of drug-likeness (QED) is 0.861. The molecule has 2 rings (SSSR count). The van der Waals surface area contributed by atoms with E-state index >= 15 is 0 Å². The summed E-state index contributed by atoms with van der Waals surface area (Å²) in [6, 6.07) is 0.00238. The van der Waals surface area contributed by atoms with Gasteiger partial charge >= 0.3 is 0 Å². The summed E-state index contributed by atoms with van der Waals surface area (Å²) < 4.78 is 6.83. The normalized spacial score (nSPS) is 12.8. The summed E-state index contributed by atoms with van der Waals surface area (Å²) in [4.78, 5) is 24.2. The summed E-state index contributed by atoms with van der Waals surface area (Å²) in [5.74, 6) is -0.272. The van der Waals surface area contributed by atoms with Gasteiger partial charge in [-0.15, -0.1) is 0 Å². The zero-order valence-electron chi connectivity index (χ0n) is 12.6. The Balaban J connectivity index is 2.42. The highest BCUT2D eigenvalue weighted by Crippen LogP contribution is 2.21. The zero-order chi connectivity index (χ0) is 15.6. The van der Waals surface area contributed by atoms with Crippen molar-refractivity contribution in [1.29, 1.82) is 0 Å². The van der Waals surface area contributed by atoms with Gasteiger partial charge in [0.25, 0.3) is 11.5 Å². The highest BCUT2D eigenvalue weighted by molar-refractivity contribution is 6.00. The maximum atomic E-state index is 12.4. The van der Waals surface area contributed by atoms with Gasteiger partial charge in [-0.25, -0.2) is 5.10 Å². The number of aromatic amines is 1. The average molecular weight is 292 g/mol. The predicted octanol–water partition coefficient (Wildman–Crippen LogP) is 1.02. The minimum atomic E-state index is -0.293. The van der Waals surface area contributed by atoms with Crippen LogP contribution in [0.15, 0.2) is 17.2 Å². The average Bonchev–Trinajstić information content (AvgIpc) is 2.79. The van der Waals surface area contributed by atoms with Crippen LogP contribution in [-0.4, -0.2) is 40.4 Å². The Kier molecular flexibility index (Phi) is 4.42. The number of H-pyrrole nitrogens is 1. The molecule has 21 heavy (non-hydrogen) atoms. The maximum Gasteiger partial charge on any atom is 0.275 e. The second-order valence-electron chi connectivity index (χ2n) is 5.36. The van der Waals surface area contributed by atoms with E-state index in [1.54, 1.807) is 19.5 Å². The van der Waals surface area contributed by atoms with Crippen molar-refractivity contribution in [2.75, 3.05) is 13.7 Å². The predicted molar refractivity (Wildman–Crippen MR) is 78.7 cm³/mol. The molecule has 114 valence electrons. The number of ether oxygens (including phenoxy) is 1. The SMILES string of the molecule is COCC(C)NC(=O)c1cn(C(C)C)cc2c(=O)[nH]nc1-2. The first-order valence-electron chi connectivity index (χ1n) is 6.83. The van der Waals surface area contributed by atoms with Gasteiger partial charge in [-0.3, -0.25) is 9.59 Å². The van der Waals surface area contributed by atoms with Gasteiger partial charge in [0, 0.05) is 31.6 Å². The first-order chi connectivity index (χ1) is 9.93. The van der Waals surface area contributed by atoms with Crippen LogP contribution in [0.25, 0.3) is 11.3 Å². The number of nitrogens with one attached hydrogen (secondary N) is 2. The van der Waals surface area contributed by atoms with Crippen LogP contribution >= 0.6 is 0 Å². The number of hydrogen-bond acceptors (Lipinski definition) is 4. The van der Waals surface area contributed by atoms with Gasteiger partial charge in [-0.05, 0) is 20.8 Å². The monoisotopic (exact) mass is 292 g/mol. The lowest BCUT2D eigenvalue weighted by Gasteiger charge is -2.17.